The van der Waals surface area contributed by atoms with Gasteiger partial charge in [-0.25, -0.2) is 18.9 Å². The lowest BCUT2D eigenvalue weighted by atomic mass is 10.2. The van der Waals surface area contributed by atoms with Gasteiger partial charge >= 0.3 is 0 Å². The minimum absolute atomic E-state index is 0.138. The number of carbonyl (C=O) groups excluding carboxylic acids is 1. The van der Waals surface area contributed by atoms with Crippen molar-refractivity contribution in [1.82, 2.24) is 10.5 Å². The van der Waals surface area contributed by atoms with Crippen molar-refractivity contribution in [3.05, 3.63) is 60.2 Å². The summed E-state index contributed by atoms with van der Waals surface area (Å²) in [4.78, 5) is 17.9. The van der Waals surface area contributed by atoms with Crippen molar-refractivity contribution >= 4 is 38.3 Å². The van der Waals surface area contributed by atoms with E-state index in [4.69, 9.17) is 5.21 Å². The third kappa shape index (κ3) is 3.62. The molecule has 1 heterocycles. The van der Waals surface area contributed by atoms with E-state index in [1.165, 1.54) is 42.9 Å². The molecule has 0 fully saturated rings. The highest BCUT2D eigenvalue weighted by molar-refractivity contribution is 7.92. The number of anilines is 2. The number of hydrogen-bond donors (Lipinski definition) is 2. The summed E-state index contributed by atoms with van der Waals surface area (Å²) in [7, 11) is 1.41. The molecule has 3 aromatic rings. The van der Waals surface area contributed by atoms with Crippen LogP contribution in [0.15, 0.2) is 59.5 Å². The molecule has 0 saturated heterocycles. The Bertz CT molecular complexity index is 1130. The second-order valence-electron chi connectivity index (χ2n) is 6.38. The van der Waals surface area contributed by atoms with Gasteiger partial charge in [0.1, 0.15) is 5.82 Å². The van der Waals surface area contributed by atoms with Gasteiger partial charge in [-0.05, 0) is 54.6 Å². The number of hydrogen-bond acceptors (Lipinski definition) is 6. The van der Waals surface area contributed by atoms with E-state index in [1.54, 1.807) is 12.1 Å². The summed E-state index contributed by atoms with van der Waals surface area (Å²) in [5.74, 6) is 0.114. The predicted molar refractivity (Wildman–Crippen MR) is 107 cm³/mol. The first kappa shape index (κ1) is 19.6. The standard InChI is InChI=1S/C19H20N4O4S/c1-22(2)18-11-6-14-12-16(9-10-17(14)20-18)28(26,27)23(3)15-7-4-13(5-8-15)19(24)21-25/h4-12,25H,1-3H3,(H,21,24). The molecule has 3 rings (SSSR count). The van der Waals surface area contributed by atoms with E-state index in [0.29, 0.717) is 11.2 Å². The molecule has 1 aromatic heterocycles. The average Bonchev–Trinajstić information content (AvgIpc) is 2.71. The maximum Gasteiger partial charge on any atom is 0.274 e. The van der Waals surface area contributed by atoms with Crippen molar-refractivity contribution in [2.24, 2.45) is 0 Å². The largest absolute Gasteiger partial charge is 0.363 e. The topological polar surface area (TPSA) is 103 Å². The third-order valence-electron chi connectivity index (χ3n) is 4.36. The van der Waals surface area contributed by atoms with Gasteiger partial charge in [-0.3, -0.25) is 14.3 Å². The molecular formula is C19H20N4O4S. The second kappa shape index (κ2) is 7.45. The number of benzene rings is 2. The number of nitrogens with zero attached hydrogens (tertiary/aromatic N) is 3. The monoisotopic (exact) mass is 400 g/mol. The van der Waals surface area contributed by atoms with Crippen LogP contribution in [0.5, 0.6) is 0 Å². The highest BCUT2D eigenvalue weighted by atomic mass is 32.2. The quantitative estimate of drug-likeness (QED) is 0.503. The molecule has 2 N–H and O–H groups in total. The molecule has 0 bridgehead atoms. The first-order chi connectivity index (χ1) is 13.2. The predicted octanol–water partition coefficient (Wildman–Crippen LogP) is 2.24. The van der Waals surface area contributed by atoms with Crippen LogP contribution in [0.2, 0.25) is 0 Å². The summed E-state index contributed by atoms with van der Waals surface area (Å²) in [6.45, 7) is 0. The van der Waals surface area contributed by atoms with Gasteiger partial charge in [0, 0.05) is 32.1 Å². The molecule has 0 radical (unpaired) electrons. The Morgan fingerprint density at radius 2 is 1.68 bits per heavy atom. The Labute approximate surface area is 163 Å². The average molecular weight is 400 g/mol. The zero-order valence-corrected chi connectivity index (χ0v) is 16.4. The number of hydroxylamine groups is 1. The Hall–Kier alpha value is -3.17. The SMILES string of the molecule is CN(C)c1ccc2cc(S(=O)(=O)N(C)c3ccc(C(=O)NO)cc3)ccc2n1. The number of sulfonamides is 1. The van der Waals surface area contributed by atoms with Gasteiger partial charge in [0.2, 0.25) is 0 Å². The lowest BCUT2D eigenvalue weighted by molar-refractivity contribution is 0.0706. The fourth-order valence-electron chi connectivity index (χ4n) is 2.69. The summed E-state index contributed by atoms with van der Waals surface area (Å²) in [5.41, 5.74) is 2.83. The van der Waals surface area contributed by atoms with Gasteiger partial charge in [-0.15, -0.1) is 0 Å². The molecule has 8 nitrogen and oxygen atoms in total. The minimum Gasteiger partial charge on any atom is -0.363 e. The third-order valence-corrected chi connectivity index (χ3v) is 6.14. The van der Waals surface area contributed by atoms with Crippen LogP contribution >= 0.6 is 0 Å². The van der Waals surface area contributed by atoms with E-state index in [9.17, 15) is 13.2 Å². The van der Waals surface area contributed by atoms with Crippen LogP contribution in [0.25, 0.3) is 10.9 Å². The summed E-state index contributed by atoms with van der Waals surface area (Å²) in [6, 6.07) is 14.3. The molecule has 0 saturated carbocycles. The molecular weight excluding hydrogens is 380 g/mol. The van der Waals surface area contributed by atoms with Crippen molar-refractivity contribution < 1.29 is 18.4 Å². The molecule has 9 heteroatoms. The van der Waals surface area contributed by atoms with E-state index in [0.717, 1.165) is 15.5 Å². The fourth-order valence-corrected chi connectivity index (χ4v) is 3.92. The molecule has 1 amide bonds. The first-order valence-corrected chi connectivity index (χ1v) is 9.79. The Balaban J connectivity index is 1.95. The maximum absolute atomic E-state index is 13.0. The summed E-state index contributed by atoms with van der Waals surface area (Å²) < 4.78 is 27.1. The molecule has 0 atom stereocenters. The van der Waals surface area contributed by atoms with Crippen LogP contribution in [0.1, 0.15) is 10.4 Å². The highest BCUT2D eigenvalue weighted by Gasteiger charge is 2.22. The fraction of sp³-hybridized carbons (Fsp3) is 0.158. The van der Waals surface area contributed by atoms with Crippen LogP contribution in [0, 0.1) is 0 Å². The number of aromatic nitrogens is 1. The normalized spacial score (nSPS) is 11.3. The van der Waals surface area contributed by atoms with E-state index >= 15 is 0 Å². The van der Waals surface area contributed by atoms with Gasteiger partial charge < -0.3 is 4.90 Å². The zero-order valence-electron chi connectivity index (χ0n) is 15.6. The smallest absolute Gasteiger partial charge is 0.274 e. The number of rotatable bonds is 5. The lowest BCUT2D eigenvalue weighted by Crippen LogP contribution is -2.26. The molecule has 28 heavy (non-hydrogen) atoms. The van der Waals surface area contributed by atoms with Crippen molar-refractivity contribution in [2.45, 2.75) is 4.90 Å². The van der Waals surface area contributed by atoms with Crippen LogP contribution in [-0.4, -0.2) is 45.7 Å². The highest BCUT2D eigenvalue weighted by Crippen LogP contribution is 2.26. The van der Waals surface area contributed by atoms with Crippen LogP contribution in [-0.2, 0) is 10.0 Å². The van der Waals surface area contributed by atoms with E-state index in [2.05, 4.69) is 4.98 Å². The van der Waals surface area contributed by atoms with Gasteiger partial charge in [-0.2, -0.15) is 0 Å². The number of fused-ring (bicyclic) bond motifs is 1. The maximum atomic E-state index is 13.0. The van der Waals surface area contributed by atoms with E-state index in [-0.39, 0.29) is 10.5 Å². The number of nitrogens with one attached hydrogen (secondary N) is 1. The molecule has 0 aliphatic heterocycles. The lowest BCUT2D eigenvalue weighted by Gasteiger charge is -2.20. The summed E-state index contributed by atoms with van der Waals surface area (Å²) >= 11 is 0. The first-order valence-electron chi connectivity index (χ1n) is 8.35. The molecule has 0 aliphatic rings. The van der Waals surface area contributed by atoms with Crippen LogP contribution in [0.4, 0.5) is 11.5 Å². The summed E-state index contributed by atoms with van der Waals surface area (Å²) in [6.07, 6.45) is 0. The van der Waals surface area contributed by atoms with E-state index in [1.807, 2.05) is 31.1 Å². The Morgan fingerprint density at radius 1 is 1.00 bits per heavy atom. The molecule has 0 unspecified atom stereocenters. The van der Waals surface area contributed by atoms with Crippen molar-refractivity contribution in [2.75, 3.05) is 30.3 Å². The second-order valence-corrected chi connectivity index (χ2v) is 8.35. The number of amides is 1. The van der Waals surface area contributed by atoms with Gasteiger partial charge in [0.05, 0.1) is 16.1 Å². The minimum atomic E-state index is -3.80. The Morgan fingerprint density at radius 3 is 2.29 bits per heavy atom. The van der Waals surface area contributed by atoms with Crippen LogP contribution < -0.4 is 14.7 Å². The Kier molecular flexibility index (Phi) is 5.21. The van der Waals surface area contributed by atoms with Crippen molar-refractivity contribution in [3.63, 3.8) is 0 Å². The zero-order chi connectivity index (χ0) is 20.5. The van der Waals surface area contributed by atoms with Gasteiger partial charge in [0.25, 0.3) is 15.9 Å². The van der Waals surface area contributed by atoms with Crippen molar-refractivity contribution in [3.8, 4) is 0 Å². The van der Waals surface area contributed by atoms with Gasteiger partial charge in [0.15, 0.2) is 0 Å². The number of pyridine rings is 1. The van der Waals surface area contributed by atoms with Crippen molar-refractivity contribution in [1.29, 1.82) is 0 Å². The molecule has 146 valence electrons. The van der Waals surface area contributed by atoms with Crippen LogP contribution in [0.3, 0.4) is 0 Å². The molecule has 0 spiro atoms. The summed E-state index contributed by atoms with van der Waals surface area (Å²) in [5, 5.41) is 9.38. The van der Waals surface area contributed by atoms with Gasteiger partial charge in [-0.1, -0.05) is 0 Å². The number of carbonyl (C=O) groups is 1. The molecule has 2 aromatic carbocycles. The van der Waals surface area contributed by atoms with E-state index < -0.39 is 15.9 Å². The molecule has 0 aliphatic carbocycles.